The predicted molar refractivity (Wildman–Crippen MR) is 141 cm³/mol. The van der Waals surface area contributed by atoms with Crippen LogP contribution in [0.25, 0.3) is 15.7 Å². The number of anilines is 2. The van der Waals surface area contributed by atoms with E-state index in [1.54, 1.807) is 54.9 Å². The van der Waals surface area contributed by atoms with Gasteiger partial charge >= 0.3 is 6.03 Å². The van der Waals surface area contributed by atoms with Gasteiger partial charge in [-0.1, -0.05) is 0 Å². The fourth-order valence-electron chi connectivity index (χ4n) is 3.66. The van der Waals surface area contributed by atoms with Gasteiger partial charge in [0.25, 0.3) is 0 Å². The van der Waals surface area contributed by atoms with Crippen molar-refractivity contribution < 1.29 is 18.7 Å². The van der Waals surface area contributed by atoms with Crippen molar-refractivity contribution in [3.8, 4) is 17.2 Å². The molecule has 190 valence electrons. The quantitative estimate of drug-likeness (QED) is 0.231. The fraction of sp³-hybridized carbons (Fsp3) is 0.0741. The number of fused-ring (bicyclic) bond motifs is 1. The molecule has 38 heavy (non-hydrogen) atoms. The molecule has 1 aliphatic heterocycles. The largest absolute Gasteiger partial charge is 0.503 e. The monoisotopic (exact) mass is 511 g/mol. The summed E-state index contributed by atoms with van der Waals surface area (Å²) in [6.45, 7) is 8.54. The number of hydrogen-bond donors (Lipinski definition) is 4. The molecule has 0 fully saturated rings. The van der Waals surface area contributed by atoms with E-state index in [0.29, 0.717) is 58.4 Å². The number of rotatable bonds is 8. The van der Waals surface area contributed by atoms with E-state index in [1.807, 2.05) is 11.2 Å². The molecule has 1 aliphatic rings. The highest BCUT2D eigenvalue weighted by Crippen LogP contribution is 2.37. The molecule has 0 saturated heterocycles. The molecule has 11 heteroatoms. The van der Waals surface area contributed by atoms with Crippen LogP contribution in [0.3, 0.4) is 0 Å². The van der Waals surface area contributed by atoms with Crippen LogP contribution in [0.15, 0.2) is 85.3 Å². The van der Waals surface area contributed by atoms with E-state index in [1.165, 1.54) is 24.3 Å². The van der Waals surface area contributed by atoms with Crippen LogP contribution in [0.2, 0.25) is 0 Å². The lowest BCUT2D eigenvalue weighted by Gasteiger charge is -2.16. The molecule has 2 heterocycles. The van der Waals surface area contributed by atoms with Crippen LogP contribution < -0.4 is 31.1 Å². The standard InChI is InChI=1S/C27H22FN7O3/c1-29-24-16-22-23(17-26(24)37-15-14-35-13-12-31-34-35)30-11-10-25(22)38-21-8-6-20(7-9-21)33-27(36)32-19-4-2-18(28)3-5-19/h2-13,16-17,31,34H,14-15H2,(H2,32,33,36). The van der Waals surface area contributed by atoms with Crippen molar-refractivity contribution in [3.63, 3.8) is 0 Å². The number of carbonyl (C=O) groups excluding carboxylic acids is 1. The summed E-state index contributed by atoms with van der Waals surface area (Å²) in [7, 11) is 0. The number of aromatic nitrogens is 1. The third-order valence-electron chi connectivity index (χ3n) is 5.48. The van der Waals surface area contributed by atoms with Crippen molar-refractivity contribution in [1.29, 1.82) is 0 Å². The maximum absolute atomic E-state index is 13.0. The van der Waals surface area contributed by atoms with E-state index in [-0.39, 0.29) is 5.82 Å². The number of hydrogen-bond acceptors (Lipinski definition) is 7. The summed E-state index contributed by atoms with van der Waals surface area (Å²) in [6, 6.07) is 17.0. The van der Waals surface area contributed by atoms with Crippen molar-refractivity contribution in [2.24, 2.45) is 0 Å². The van der Waals surface area contributed by atoms with Crippen LogP contribution in [0, 0.1) is 12.4 Å². The van der Waals surface area contributed by atoms with E-state index in [4.69, 9.17) is 16.0 Å². The van der Waals surface area contributed by atoms with Crippen LogP contribution in [-0.4, -0.2) is 29.2 Å². The first-order chi connectivity index (χ1) is 18.6. The van der Waals surface area contributed by atoms with Crippen molar-refractivity contribution in [3.05, 3.63) is 103 Å². The van der Waals surface area contributed by atoms with Gasteiger partial charge in [0.1, 0.15) is 29.7 Å². The molecule has 3 aromatic carbocycles. The van der Waals surface area contributed by atoms with E-state index < -0.39 is 6.03 Å². The number of hydrazine groups is 2. The molecular formula is C27H22FN7O3. The third-order valence-corrected chi connectivity index (χ3v) is 5.48. The van der Waals surface area contributed by atoms with Gasteiger partial charge in [0.2, 0.25) is 5.69 Å². The van der Waals surface area contributed by atoms with Gasteiger partial charge < -0.3 is 25.5 Å². The summed E-state index contributed by atoms with van der Waals surface area (Å²) >= 11 is 0. The Morgan fingerprint density at radius 3 is 2.45 bits per heavy atom. The Balaban J connectivity index is 1.25. The zero-order chi connectivity index (χ0) is 26.3. The first kappa shape index (κ1) is 24.4. The van der Waals surface area contributed by atoms with Gasteiger partial charge in [-0.3, -0.25) is 9.99 Å². The fourth-order valence-corrected chi connectivity index (χ4v) is 3.66. The maximum Gasteiger partial charge on any atom is 0.323 e. The molecule has 4 aromatic rings. The van der Waals surface area contributed by atoms with E-state index in [9.17, 15) is 9.18 Å². The SMILES string of the molecule is [C-]#[N+]c1cc2c(Oc3ccc(NC(=O)Nc4ccc(F)cc4)cc3)ccnc2cc1OCCN1C=CNN1. The number of pyridine rings is 1. The number of urea groups is 1. The number of benzene rings is 3. The highest BCUT2D eigenvalue weighted by molar-refractivity contribution is 5.99. The summed E-state index contributed by atoms with van der Waals surface area (Å²) in [4.78, 5) is 20.2. The lowest BCUT2D eigenvalue weighted by molar-refractivity contribution is 0.209. The average molecular weight is 512 g/mol. The summed E-state index contributed by atoms with van der Waals surface area (Å²) in [5.41, 5.74) is 7.77. The Labute approximate surface area is 217 Å². The lowest BCUT2D eigenvalue weighted by Crippen LogP contribution is -2.37. The summed E-state index contributed by atoms with van der Waals surface area (Å²) < 4.78 is 25.0. The third kappa shape index (κ3) is 5.89. The van der Waals surface area contributed by atoms with Gasteiger partial charge in [0.05, 0.1) is 18.6 Å². The highest BCUT2D eigenvalue weighted by Gasteiger charge is 2.13. The topological polar surface area (TPSA) is 104 Å². The zero-order valence-corrected chi connectivity index (χ0v) is 19.9. The Kier molecular flexibility index (Phi) is 7.15. The zero-order valence-electron chi connectivity index (χ0n) is 19.9. The highest BCUT2D eigenvalue weighted by atomic mass is 19.1. The van der Waals surface area contributed by atoms with Crippen LogP contribution in [0.1, 0.15) is 0 Å². The molecule has 0 bridgehead atoms. The second-order valence-electron chi connectivity index (χ2n) is 8.08. The number of halogens is 1. The van der Waals surface area contributed by atoms with Gasteiger partial charge in [-0.25, -0.2) is 14.0 Å². The molecule has 4 N–H and O–H groups in total. The first-order valence-electron chi connectivity index (χ1n) is 11.6. The van der Waals surface area contributed by atoms with Crippen molar-refractivity contribution in [2.45, 2.75) is 0 Å². The van der Waals surface area contributed by atoms with Crippen molar-refractivity contribution >= 4 is 34.0 Å². The minimum absolute atomic E-state index is 0.352. The van der Waals surface area contributed by atoms with Crippen LogP contribution >= 0.6 is 0 Å². The molecule has 0 spiro atoms. The number of nitrogens with one attached hydrogen (secondary N) is 4. The molecule has 0 radical (unpaired) electrons. The van der Waals surface area contributed by atoms with Gasteiger partial charge in [-0.05, 0) is 66.7 Å². The lowest BCUT2D eigenvalue weighted by atomic mass is 10.1. The van der Waals surface area contributed by atoms with Gasteiger partial charge in [-0.15, -0.1) is 5.53 Å². The Bertz CT molecular complexity index is 1520. The molecule has 1 aromatic heterocycles. The van der Waals surface area contributed by atoms with Gasteiger partial charge in [0.15, 0.2) is 0 Å². The molecular weight excluding hydrogens is 489 g/mol. The van der Waals surface area contributed by atoms with E-state index >= 15 is 0 Å². The number of carbonyl (C=O) groups is 1. The number of ether oxygens (including phenoxy) is 2. The molecule has 10 nitrogen and oxygen atoms in total. The molecule has 0 aliphatic carbocycles. The molecule has 0 unspecified atom stereocenters. The van der Waals surface area contributed by atoms with E-state index in [2.05, 4.69) is 31.4 Å². The van der Waals surface area contributed by atoms with Gasteiger partial charge in [0, 0.05) is 35.4 Å². The smallest absolute Gasteiger partial charge is 0.323 e. The van der Waals surface area contributed by atoms with E-state index in [0.717, 1.165) is 0 Å². The number of nitrogens with zero attached hydrogens (tertiary/aromatic N) is 3. The molecule has 0 saturated carbocycles. The Morgan fingerprint density at radius 1 is 1.03 bits per heavy atom. The van der Waals surface area contributed by atoms with Crippen LogP contribution in [-0.2, 0) is 0 Å². The summed E-state index contributed by atoms with van der Waals surface area (Å²) in [5.74, 6) is 1.13. The average Bonchev–Trinajstić information content (AvgIpc) is 3.44. The first-order valence-corrected chi connectivity index (χ1v) is 11.6. The minimum atomic E-state index is -0.458. The van der Waals surface area contributed by atoms with Crippen LogP contribution in [0.5, 0.6) is 17.2 Å². The van der Waals surface area contributed by atoms with Gasteiger partial charge in [-0.2, -0.15) is 0 Å². The second-order valence-corrected chi connectivity index (χ2v) is 8.08. The molecule has 2 amide bonds. The molecule has 5 rings (SSSR count). The number of amides is 2. The second kappa shape index (κ2) is 11.2. The Morgan fingerprint density at radius 2 is 1.76 bits per heavy atom. The molecule has 0 atom stereocenters. The normalized spacial score (nSPS) is 12.1. The Hall–Kier alpha value is -5.34. The van der Waals surface area contributed by atoms with Crippen LogP contribution in [0.4, 0.5) is 26.2 Å². The minimum Gasteiger partial charge on any atom is -0.503 e. The van der Waals surface area contributed by atoms with Crippen molar-refractivity contribution in [1.82, 2.24) is 21.0 Å². The summed E-state index contributed by atoms with van der Waals surface area (Å²) in [6.07, 6.45) is 5.23. The van der Waals surface area contributed by atoms with Crippen molar-refractivity contribution in [2.75, 3.05) is 23.8 Å². The summed E-state index contributed by atoms with van der Waals surface area (Å²) in [5, 5.41) is 7.83. The predicted octanol–water partition coefficient (Wildman–Crippen LogP) is 5.54. The maximum atomic E-state index is 13.0.